The van der Waals surface area contributed by atoms with E-state index in [0.717, 1.165) is 13.1 Å². The topological polar surface area (TPSA) is 148 Å². The molecular formula is C11H19NO7P2. The van der Waals surface area contributed by atoms with Gasteiger partial charge in [0.1, 0.15) is 0 Å². The number of hydrogen-bond acceptors (Lipinski definition) is 4. The van der Waals surface area contributed by atoms with Crippen molar-refractivity contribution < 1.29 is 35.2 Å². The summed E-state index contributed by atoms with van der Waals surface area (Å²) in [6, 6.07) is 0. The van der Waals surface area contributed by atoms with Gasteiger partial charge in [-0.3, -0.25) is 14.1 Å². The molecule has 0 bridgehead atoms. The van der Waals surface area contributed by atoms with Gasteiger partial charge in [0.25, 0.3) is 5.08 Å². The molecule has 1 unspecified atom stereocenters. The van der Waals surface area contributed by atoms with E-state index in [0.29, 0.717) is 16.8 Å². The molecule has 5 N–H and O–H groups in total. The Kier molecular flexibility index (Phi) is 4.44. The molecule has 0 amide bonds. The summed E-state index contributed by atoms with van der Waals surface area (Å²) >= 11 is 0. The molecule has 0 radical (unpaired) electrons. The minimum Gasteiger partial charge on any atom is -0.367 e. The van der Waals surface area contributed by atoms with Gasteiger partial charge < -0.3 is 24.7 Å². The van der Waals surface area contributed by atoms with Crippen molar-refractivity contribution in [3.63, 3.8) is 0 Å². The van der Waals surface area contributed by atoms with Crippen LogP contribution in [0.2, 0.25) is 0 Å². The van der Waals surface area contributed by atoms with Crippen LogP contribution in [-0.4, -0.2) is 34.7 Å². The molecule has 0 aliphatic carbocycles. The summed E-state index contributed by atoms with van der Waals surface area (Å²) in [7, 11) is -11.5. The van der Waals surface area contributed by atoms with Crippen LogP contribution in [-0.2, 0) is 9.13 Å². The first-order valence-corrected chi connectivity index (χ1v) is 9.08. The Bertz CT molecular complexity index is 672. The van der Waals surface area contributed by atoms with Crippen LogP contribution in [0.15, 0.2) is 6.20 Å². The Balaban J connectivity index is 3.80. The summed E-state index contributed by atoms with van der Waals surface area (Å²) in [5.74, 6) is -2.69. The van der Waals surface area contributed by atoms with Gasteiger partial charge in [0, 0.05) is 19.2 Å². The molecule has 120 valence electrons. The van der Waals surface area contributed by atoms with Gasteiger partial charge in [-0.2, -0.15) is 0 Å². The molecule has 10 heteroatoms. The third-order valence-corrected chi connectivity index (χ3v) is 7.47. The Hall–Kier alpha value is -0.590. The van der Waals surface area contributed by atoms with Gasteiger partial charge in [0.2, 0.25) is 0 Å². The molecule has 0 saturated heterocycles. The Morgan fingerprint density at radius 1 is 1.14 bits per heavy atom. The largest absolute Gasteiger partial charge is 0.370 e. The van der Waals surface area contributed by atoms with Gasteiger partial charge in [0.15, 0.2) is 0 Å². The fraction of sp³-hybridized carbons (Fsp3) is 0.545. The molecule has 0 fully saturated rings. The first-order chi connectivity index (χ1) is 9.59. The Labute approximate surface area is 123 Å². The molecule has 1 rings (SSSR count). The molecule has 1 heterocycles. The molecule has 0 aliphatic heterocycles. The van der Waals surface area contributed by atoms with E-state index in [1.165, 1.54) is 6.92 Å². The summed E-state index contributed by atoms with van der Waals surface area (Å²) in [4.78, 5) is 41.2. The highest BCUT2D eigenvalue weighted by molar-refractivity contribution is 7.72. The van der Waals surface area contributed by atoms with Gasteiger partial charge in [-0.15, -0.1) is 0 Å². The van der Waals surface area contributed by atoms with Crippen LogP contribution in [0.3, 0.4) is 0 Å². The minimum atomic E-state index is -5.77. The number of aryl methyl sites for hydroxylation is 1. The Morgan fingerprint density at radius 3 is 1.95 bits per heavy atom. The second-order valence-corrected chi connectivity index (χ2v) is 8.68. The average molecular weight is 340 g/mol. The second kappa shape index (κ2) is 5.56. The van der Waals surface area contributed by atoms with Crippen molar-refractivity contribution in [1.82, 2.24) is 4.98 Å². The highest BCUT2D eigenvalue weighted by Gasteiger charge is 2.63. The number of aliphatic hydroxyl groups is 1. The third kappa shape index (κ3) is 2.98. The number of aromatic nitrogens is 1. The van der Waals surface area contributed by atoms with Crippen LogP contribution in [0.25, 0.3) is 0 Å². The van der Waals surface area contributed by atoms with Gasteiger partial charge >= 0.3 is 15.2 Å². The first kappa shape index (κ1) is 16.8. The molecule has 0 saturated carbocycles. The van der Waals surface area contributed by atoms with Crippen LogP contribution in [0.4, 0.5) is 0 Å². The van der Waals surface area contributed by atoms with Crippen molar-refractivity contribution in [1.29, 1.82) is 0 Å². The predicted molar refractivity (Wildman–Crippen MR) is 75.9 cm³/mol. The van der Waals surface area contributed by atoms with E-state index < -0.39 is 26.2 Å². The maximum atomic E-state index is 11.6. The molecule has 0 aliphatic rings. The zero-order chi connectivity index (χ0) is 17.7. The average Bonchev–Trinajstić information content (AvgIpc) is 2.31. The standard InChI is InChI=1S/C11H19NO7P2/c1-6-7(2)10(5-12-9(6)4)8(3)11(13,20(14,15)16)21(17,18)19/h5,8,13H,1-4H3,(H2,14,15,16)(H2,17,18,19)/i8D. The number of hydrogen-bond donors (Lipinski definition) is 5. The lowest BCUT2D eigenvalue weighted by Gasteiger charge is -2.35. The highest BCUT2D eigenvalue weighted by Crippen LogP contribution is 2.72. The van der Waals surface area contributed by atoms with E-state index in [1.54, 1.807) is 13.8 Å². The van der Waals surface area contributed by atoms with E-state index in [-0.39, 0.29) is 5.56 Å². The molecule has 1 atom stereocenters. The summed E-state index contributed by atoms with van der Waals surface area (Å²) < 4.78 is 31.4. The fourth-order valence-corrected chi connectivity index (χ4v) is 4.47. The maximum Gasteiger partial charge on any atom is 0.370 e. The van der Waals surface area contributed by atoms with Crippen LogP contribution in [0, 0.1) is 20.8 Å². The van der Waals surface area contributed by atoms with Crippen LogP contribution in [0.1, 0.15) is 36.6 Å². The van der Waals surface area contributed by atoms with Crippen molar-refractivity contribution in [2.45, 2.75) is 38.7 Å². The molecule has 0 aromatic carbocycles. The zero-order valence-electron chi connectivity index (χ0n) is 13.0. The molecule has 1 aromatic heterocycles. The molecule has 0 spiro atoms. The van der Waals surface area contributed by atoms with Crippen LogP contribution < -0.4 is 0 Å². The van der Waals surface area contributed by atoms with Crippen molar-refractivity contribution in [3.8, 4) is 0 Å². The minimum absolute atomic E-state index is 0.176. The van der Waals surface area contributed by atoms with Crippen LogP contribution >= 0.6 is 15.2 Å². The van der Waals surface area contributed by atoms with Gasteiger partial charge in [-0.25, -0.2) is 0 Å². The van der Waals surface area contributed by atoms with Gasteiger partial charge in [-0.05, 0) is 37.5 Å². The summed E-state index contributed by atoms with van der Waals surface area (Å²) in [5, 5.41) is 6.32. The van der Waals surface area contributed by atoms with Crippen LogP contribution in [0.5, 0.6) is 0 Å². The zero-order valence-corrected chi connectivity index (χ0v) is 13.8. The number of pyridine rings is 1. The molecular weight excluding hydrogens is 320 g/mol. The van der Waals surface area contributed by atoms with E-state index >= 15 is 0 Å². The van der Waals surface area contributed by atoms with E-state index in [4.69, 9.17) is 1.37 Å². The van der Waals surface area contributed by atoms with Crippen molar-refractivity contribution in [2.75, 3.05) is 0 Å². The van der Waals surface area contributed by atoms with Crippen molar-refractivity contribution >= 4 is 15.2 Å². The number of nitrogens with zero attached hydrogens (tertiary/aromatic N) is 1. The van der Waals surface area contributed by atoms with E-state index in [2.05, 4.69) is 4.98 Å². The molecule has 21 heavy (non-hydrogen) atoms. The number of rotatable bonds is 4. The lowest BCUT2D eigenvalue weighted by atomic mass is 9.95. The Morgan fingerprint density at radius 2 is 1.57 bits per heavy atom. The summed E-state index contributed by atoms with van der Waals surface area (Å²) in [6.45, 7) is 5.67. The van der Waals surface area contributed by atoms with E-state index in [1.807, 2.05) is 0 Å². The maximum absolute atomic E-state index is 11.6. The molecule has 1 aromatic rings. The first-order valence-electron chi connectivity index (χ1n) is 6.36. The predicted octanol–water partition coefficient (Wildman–Crippen LogP) is 1.11. The smallest absolute Gasteiger partial charge is 0.367 e. The van der Waals surface area contributed by atoms with Gasteiger partial charge in [0.05, 0.1) is 0 Å². The normalized spacial score (nSPS) is 17.3. The molecule has 8 nitrogen and oxygen atoms in total. The van der Waals surface area contributed by atoms with E-state index in [9.17, 15) is 33.8 Å². The monoisotopic (exact) mass is 340 g/mol. The fourth-order valence-electron chi connectivity index (χ4n) is 1.99. The van der Waals surface area contributed by atoms with Crippen molar-refractivity contribution in [2.24, 2.45) is 0 Å². The summed E-state index contributed by atoms with van der Waals surface area (Å²) in [6.07, 6.45) is 1.08. The lowest BCUT2D eigenvalue weighted by Crippen LogP contribution is -2.35. The third-order valence-electron chi connectivity index (χ3n) is 3.62. The van der Waals surface area contributed by atoms with Gasteiger partial charge in [-0.1, -0.05) is 6.92 Å². The SMILES string of the molecule is [2H]C(C)(c1cnc(C)c(C)c1C)C(O)(P(=O)(O)O)P(=O)(O)O. The highest BCUT2D eigenvalue weighted by atomic mass is 31.2. The second-order valence-electron chi connectivity index (χ2n) is 4.86. The quantitative estimate of drug-likeness (QED) is 0.512. The van der Waals surface area contributed by atoms with Crippen molar-refractivity contribution in [3.05, 3.63) is 28.6 Å². The summed E-state index contributed by atoms with van der Waals surface area (Å²) in [5.41, 5.74) is 1.37. The lowest BCUT2D eigenvalue weighted by molar-refractivity contribution is 0.111.